The van der Waals surface area contributed by atoms with E-state index in [-0.39, 0.29) is 17.9 Å². The van der Waals surface area contributed by atoms with Crippen molar-refractivity contribution in [1.82, 2.24) is 0 Å². The Labute approximate surface area is 182 Å². The Bertz CT molecular complexity index is 907. The SMILES string of the molecule is CCCC1CCC(c2cc(F)c(C(F)(F)Oc3ccc(OC=C(F)F)cc3)c(F)c2)CC1. The van der Waals surface area contributed by atoms with E-state index in [1.165, 1.54) is 0 Å². The Kier molecular flexibility index (Phi) is 7.74. The number of ether oxygens (including phenoxy) is 2. The van der Waals surface area contributed by atoms with Crippen LogP contribution in [0.3, 0.4) is 0 Å². The summed E-state index contributed by atoms with van der Waals surface area (Å²) in [6.45, 7) is 2.12. The summed E-state index contributed by atoms with van der Waals surface area (Å²) in [6, 6.07) is 6.19. The van der Waals surface area contributed by atoms with E-state index in [0.29, 0.717) is 11.5 Å². The molecule has 0 N–H and O–H groups in total. The summed E-state index contributed by atoms with van der Waals surface area (Å²) in [5.41, 5.74) is -1.09. The van der Waals surface area contributed by atoms with Crippen LogP contribution in [0.4, 0.5) is 26.3 Å². The largest absolute Gasteiger partial charge is 0.459 e. The molecule has 0 amide bonds. The highest BCUT2D eigenvalue weighted by Crippen LogP contribution is 2.41. The van der Waals surface area contributed by atoms with Crippen molar-refractivity contribution in [1.29, 1.82) is 0 Å². The maximum Gasteiger partial charge on any atom is 0.432 e. The Balaban J connectivity index is 1.73. The monoisotopic (exact) mass is 458 g/mol. The van der Waals surface area contributed by atoms with Gasteiger partial charge in [0.25, 0.3) is 0 Å². The second-order valence-electron chi connectivity index (χ2n) is 7.98. The van der Waals surface area contributed by atoms with E-state index < -0.39 is 35.1 Å². The lowest BCUT2D eigenvalue weighted by atomic mass is 9.77. The van der Waals surface area contributed by atoms with Crippen LogP contribution in [-0.4, -0.2) is 0 Å². The van der Waals surface area contributed by atoms with E-state index in [4.69, 9.17) is 0 Å². The van der Waals surface area contributed by atoms with Gasteiger partial charge < -0.3 is 9.47 Å². The molecule has 0 aliphatic heterocycles. The zero-order valence-corrected chi connectivity index (χ0v) is 17.5. The number of hydrogen-bond acceptors (Lipinski definition) is 2. The van der Waals surface area contributed by atoms with E-state index in [0.717, 1.165) is 74.9 Å². The topological polar surface area (TPSA) is 18.5 Å². The smallest absolute Gasteiger partial charge is 0.432 e. The maximum atomic E-state index is 14.6. The minimum Gasteiger partial charge on any atom is -0.459 e. The van der Waals surface area contributed by atoms with Gasteiger partial charge in [0.1, 0.15) is 28.7 Å². The molecule has 2 nitrogen and oxygen atoms in total. The molecule has 0 bridgehead atoms. The average Bonchev–Trinajstić information content (AvgIpc) is 2.73. The fourth-order valence-electron chi connectivity index (χ4n) is 4.20. The van der Waals surface area contributed by atoms with Crippen LogP contribution in [-0.2, 0) is 6.11 Å². The molecule has 1 saturated carbocycles. The van der Waals surface area contributed by atoms with Crippen molar-refractivity contribution in [2.24, 2.45) is 5.92 Å². The minimum absolute atomic E-state index is 0.0520. The van der Waals surface area contributed by atoms with Gasteiger partial charge >= 0.3 is 12.2 Å². The predicted octanol–water partition coefficient (Wildman–Crippen LogP) is 8.28. The van der Waals surface area contributed by atoms with E-state index >= 15 is 0 Å². The maximum absolute atomic E-state index is 14.6. The van der Waals surface area contributed by atoms with Gasteiger partial charge in [0, 0.05) is 0 Å². The van der Waals surface area contributed by atoms with Crippen LogP contribution in [0.5, 0.6) is 11.5 Å². The quantitative estimate of drug-likeness (QED) is 0.293. The fraction of sp³-hybridized carbons (Fsp3) is 0.417. The zero-order chi connectivity index (χ0) is 23.3. The first-order chi connectivity index (χ1) is 15.2. The highest BCUT2D eigenvalue weighted by atomic mass is 19.3. The number of rotatable bonds is 8. The molecule has 2 aromatic carbocycles. The molecule has 32 heavy (non-hydrogen) atoms. The summed E-state index contributed by atoms with van der Waals surface area (Å²) in [7, 11) is 0. The highest BCUT2D eigenvalue weighted by Gasteiger charge is 2.41. The normalized spacial score (nSPS) is 18.8. The van der Waals surface area contributed by atoms with Crippen molar-refractivity contribution < 1.29 is 35.8 Å². The lowest BCUT2D eigenvalue weighted by molar-refractivity contribution is -0.189. The van der Waals surface area contributed by atoms with E-state index in [2.05, 4.69) is 16.4 Å². The van der Waals surface area contributed by atoms with Crippen LogP contribution in [0.25, 0.3) is 0 Å². The van der Waals surface area contributed by atoms with Gasteiger partial charge in [-0.05, 0) is 79.5 Å². The van der Waals surface area contributed by atoms with Crippen LogP contribution in [0.1, 0.15) is 62.5 Å². The molecule has 1 fully saturated rings. The van der Waals surface area contributed by atoms with Crippen LogP contribution in [0.2, 0.25) is 0 Å². The molecule has 3 rings (SSSR count). The number of alkyl halides is 2. The number of hydrogen-bond donors (Lipinski definition) is 0. The van der Waals surface area contributed by atoms with Gasteiger partial charge in [-0.3, -0.25) is 0 Å². The van der Waals surface area contributed by atoms with Crippen molar-refractivity contribution in [3.8, 4) is 11.5 Å². The second kappa shape index (κ2) is 10.3. The van der Waals surface area contributed by atoms with E-state index in [1.54, 1.807) is 0 Å². The van der Waals surface area contributed by atoms with Crippen molar-refractivity contribution in [2.45, 2.75) is 57.5 Å². The molecule has 1 aliphatic rings. The third-order valence-electron chi connectivity index (χ3n) is 5.72. The fourth-order valence-corrected chi connectivity index (χ4v) is 4.20. The molecule has 8 heteroatoms. The van der Waals surface area contributed by atoms with Crippen molar-refractivity contribution in [2.75, 3.05) is 0 Å². The Morgan fingerprint density at radius 2 is 1.53 bits per heavy atom. The first-order valence-electron chi connectivity index (χ1n) is 10.5. The van der Waals surface area contributed by atoms with E-state index in [1.807, 2.05) is 0 Å². The molecule has 0 spiro atoms. The summed E-state index contributed by atoms with van der Waals surface area (Å²) in [6.07, 6.45) is -0.504. The van der Waals surface area contributed by atoms with Gasteiger partial charge in [-0.25, -0.2) is 8.78 Å². The molecule has 174 valence electrons. The van der Waals surface area contributed by atoms with Crippen LogP contribution in [0.15, 0.2) is 48.7 Å². The molecule has 0 atom stereocenters. The molecule has 1 aliphatic carbocycles. The van der Waals surface area contributed by atoms with Gasteiger partial charge in [-0.2, -0.15) is 17.6 Å². The predicted molar refractivity (Wildman–Crippen MR) is 108 cm³/mol. The molecule has 0 radical (unpaired) electrons. The van der Waals surface area contributed by atoms with Crippen LogP contribution in [0, 0.1) is 17.6 Å². The van der Waals surface area contributed by atoms with Gasteiger partial charge in [0.05, 0.1) is 0 Å². The summed E-state index contributed by atoms with van der Waals surface area (Å²) >= 11 is 0. The third kappa shape index (κ3) is 5.99. The minimum atomic E-state index is -4.28. The molecule has 0 saturated heterocycles. The molecular weight excluding hydrogens is 434 g/mol. The van der Waals surface area contributed by atoms with E-state index in [9.17, 15) is 26.3 Å². The van der Waals surface area contributed by atoms with Gasteiger partial charge in [0.15, 0.2) is 6.26 Å². The Morgan fingerprint density at radius 1 is 0.969 bits per heavy atom. The van der Waals surface area contributed by atoms with Crippen molar-refractivity contribution >= 4 is 0 Å². The first kappa shape index (κ1) is 24.0. The second-order valence-corrected chi connectivity index (χ2v) is 7.98. The van der Waals surface area contributed by atoms with Crippen molar-refractivity contribution in [3.05, 3.63) is 71.5 Å². The third-order valence-corrected chi connectivity index (χ3v) is 5.72. The van der Waals surface area contributed by atoms with Crippen molar-refractivity contribution in [3.63, 3.8) is 0 Å². The van der Waals surface area contributed by atoms with Crippen LogP contribution >= 0.6 is 0 Å². The number of benzene rings is 2. The molecule has 2 aromatic rings. The summed E-state index contributed by atoms with van der Waals surface area (Å²) in [5, 5.41) is 0. The molecular formula is C24H24F6O2. The molecule has 0 heterocycles. The summed E-state index contributed by atoms with van der Waals surface area (Å²) in [5.74, 6) is -2.67. The standard InChI is InChI=1S/C24H24F6O2/c1-2-3-15-4-6-16(7-5-15)17-12-20(25)23(21(26)13-17)24(29,30)32-19-10-8-18(9-11-19)31-14-22(27)28/h8-16H,2-7H2,1H3. The Morgan fingerprint density at radius 3 is 2.06 bits per heavy atom. The van der Waals surface area contributed by atoms with Gasteiger partial charge in [-0.15, -0.1) is 0 Å². The number of halogens is 6. The zero-order valence-electron chi connectivity index (χ0n) is 17.5. The van der Waals surface area contributed by atoms with Gasteiger partial charge in [-0.1, -0.05) is 19.8 Å². The summed E-state index contributed by atoms with van der Waals surface area (Å²) < 4.78 is 91.5. The Hall–Kier alpha value is -2.64. The highest BCUT2D eigenvalue weighted by molar-refractivity contribution is 5.34. The first-order valence-corrected chi connectivity index (χ1v) is 10.5. The average molecular weight is 458 g/mol. The summed E-state index contributed by atoms with van der Waals surface area (Å²) in [4.78, 5) is 0. The van der Waals surface area contributed by atoms with Gasteiger partial charge in [0.2, 0.25) is 0 Å². The lowest BCUT2D eigenvalue weighted by Gasteiger charge is -2.29. The van der Waals surface area contributed by atoms with Crippen LogP contribution < -0.4 is 9.47 Å². The molecule has 0 unspecified atom stereocenters. The lowest BCUT2D eigenvalue weighted by Crippen LogP contribution is -2.25. The molecule has 0 aromatic heterocycles.